The topological polar surface area (TPSA) is 109 Å². The average Bonchev–Trinajstić information content (AvgIpc) is 3.48. The Labute approximate surface area is 184 Å². The van der Waals surface area contributed by atoms with Crippen LogP contribution in [0.15, 0.2) is 60.7 Å². The number of hydrogen-bond donors (Lipinski definition) is 1. The summed E-state index contributed by atoms with van der Waals surface area (Å²) in [6.45, 7) is 2.77. The third-order valence-corrected chi connectivity index (χ3v) is 5.39. The van der Waals surface area contributed by atoms with Crippen LogP contribution in [-0.2, 0) is 13.0 Å². The van der Waals surface area contributed by atoms with Gasteiger partial charge in [0.15, 0.2) is 11.5 Å². The number of benzene rings is 2. The van der Waals surface area contributed by atoms with Crippen molar-refractivity contribution in [3.8, 4) is 28.6 Å². The molecule has 0 amide bonds. The van der Waals surface area contributed by atoms with Crippen molar-refractivity contribution >= 4 is 11.2 Å². The number of nitrogens with one attached hydrogen (secondary N) is 1. The molecule has 0 atom stereocenters. The van der Waals surface area contributed by atoms with Gasteiger partial charge in [-0.25, -0.2) is 15.1 Å². The third-order valence-electron chi connectivity index (χ3n) is 5.39. The number of aromatic amines is 1. The summed E-state index contributed by atoms with van der Waals surface area (Å²) in [7, 11) is 0. The Morgan fingerprint density at radius 3 is 2.50 bits per heavy atom. The zero-order chi connectivity index (χ0) is 21.9. The minimum Gasteiger partial charge on any atom is -0.308 e. The van der Waals surface area contributed by atoms with Crippen molar-refractivity contribution in [2.24, 2.45) is 0 Å². The highest BCUT2D eigenvalue weighted by atomic mass is 15.5. The number of fused-ring (bicyclic) bond motifs is 1. The predicted molar refractivity (Wildman–Crippen MR) is 120 cm³/mol. The minimum absolute atomic E-state index is 0.399. The van der Waals surface area contributed by atoms with Gasteiger partial charge in [0.05, 0.1) is 6.54 Å². The molecule has 1 N–H and O–H groups in total. The fourth-order valence-electron chi connectivity index (χ4n) is 3.88. The smallest absolute Gasteiger partial charge is 0.180 e. The summed E-state index contributed by atoms with van der Waals surface area (Å²) in [6.07, 6.45) is 1.84. The summed E-state index contributed by atoms with van der Waals surface area (Å²) >= 11 is 0. The Balaban J connectivity index is 1.50. The van der Waals surface area contributed by atoms with E-state index in [4.69, 9.17) is 4.98 Å². The van der Waals surface area contributed by atoms with Crippen molar-refractivity contribution in [3.05, 3.63) is 77.7 Å². The lowest BCUT2D eigenvalue weighted by atomic mass is 9.98. The molecule has 8 heteroatoms. The molecule has 0 aliphatic carbocycles. The molecule has 8 nitrogen and oxygen atoms in total. The molecule has 0 saturated carbocycles. The number of nitriles is 1. The highest BCUT2D eigenvalue weighted by molar-refractivity contribution is 5.80. The maximum atomic E-state index is 9.26. The van der Waals surface area contributed by atoms with E-state index < -0.39 is 0 Å². The molecule has 2 aromatic carbocycles. The molecule has 3 aromatic heterocycles. The normalized spacial score (nSPS) is 11.0. The molecule has 5 rings (SSSR count). The van der Waals surface area contributed by atoms with Gasteiger partial charge in [-0.1, -0.05) is 55.5 Å². The van der Waals surface area contributed by atoms with Gasteiger partial charge in [0.25, 0.3) is 0 Å². The van der Waals surface area contributed by atoms with Crippen LogP contribution >= 0.6 is 0 Å². The Morgan fingerprint density at radius 1 is 0.969 bits per heavy atom. The molecule has 0 unspecified atom stereocenters. The first-order valence-corrected chi connectivity index (χ1v) is 10.5. The highest BCUT2D eigenvalue weighted by Crippen LogP contribution is 2.30. The van der Waals surface area contributed by atoms with E-state index in [1.54, 1.807) is 6.07 Å². The predicted octanol–water partition coefficient (Wildman–Crippen LogP) is 4.15. The van der Waals surface area contributed by atoms with E-state index in [1.807, 2.05) is 24.3 Å². The molecular weight excluding hydrogens is 400 g/mol. The van der Waals surface area contributed by atoms with E-state index in [0.717, 1.165) is 52.1 Å². The van der Waals surface area contributed by atoms with Gasteiger partial charge in [-0.2, -0.15) is 5.26 Å². The van der Waals surface area contributed by atoms with Crippen LogP contribution in [0, 0.1) is 11.3 Å². The van der Waals surface area contributed by atoms with E-state index in [1.165, 1.54) is 0 Å². The van der Waals surface area contributed by atoms with E-state index in [-0.39, 0.29) is 0 Å². The maximum absolute atomic E-state index is 9.26. The number of imidazole rings is 1. The molecule has 0 radical (unpaired) electrons. The van der Waals surface area contributed by atoms with Crippen LogP contribution < -0.4 is 0 Å². The molecule has 0 spiro atoms. The number of H-pyrrole nitrogens is 1. The second kappa shape index (κ2) is 8.40. The van der Waals surface area contributed by atoms with Crippen molar-refractivity contribution in [1.29, 1.82) is 5.26 Å². The van der Waals surface area contributed by atoms with Crippen LogP contribution in [0.1, 0.15) is 30.4 Å². The van der Waals surface area contributed by atoms with Crippen LogP contribution in [0.25, 0.3) is 33.7 Å². The molecule has 0 saturated heterocycles. The van der Waals surface area contributed by atoms with Gasteiger partial charge in [-0.15, -0.1) is 5.10 Å². The van der Waals surface area contributed by atoms with Crippen molar-refractivity contribution in [3.63, 3.8) is 0 Å². The largest absolute Gasteiger partial charge is 0.308 e. The number of pyridine rings is 1. The van der Waals surface area contributed by atoms with Crippen molar-refractivity contribution < 1.29 is 0 Å². The van der Waals surface area contributed by atoms with E-state index >= 15 is 0 Å². The molecule has 0 aliphatic rings. The monoisotopic (exact) mass is 420 g/mol. The molecular formula is C24H20N8. The SMILES string of the molecule is CCCc1nc2ccc(C#N)nc2n1Cc1ccc(-c2ccccc2-c2nnn[nH]2)cc1. The van der Waals surface area contributed by atoms with Crippen molar-refractivity contribution in [2.45, 2.75) is 26.3 Å². The lowest BCUT2D eigenvalue weighted by Crippen LogP contribution is -2.06. The van der Waals surface area contributed by atoms with Gasteiger partial charge in [0, 0.05) is 12.0 Å². The number of tetrazole rings is 1. The summed E-state index contributed by atoms with van der Waals surface area (Å²) in [5.41, 5.74) is 6.18. The summed E-state index contributed by atoms with van der Waals surface area (Å²) < 4.78 is 2.11. The number of nitrogens with zero attached hydrogens (tertiary/aromatic N) is 7. The number of hydrogen-bond acceptors (Lipinski definition) is 6. The standard InChI is InChI=1S/C24H20N8/c1-2-5-22-27-21-13-12-18(14-25)26-24(21)32(22)15-16-8-10-17(11-9-16)19-6-3-4-7-20(19)23-28-30-31-29-23/h3-4,6-13H,2,5,15H2,1H3,(H,28,29,30,31). The van der Waals surface area contributed by atoms with Crippen LogP contribution in [0.4, 0.5) is 0 Å². The minimum atomic E-state index is 0.399. The first-order valence-electron chi connectivity index (χ1n) is 10.5. The van der Waals surface area contributed by atoms with Crippen molar-refractivity contribution in [2.75, 3.05) is 0 Å². The second-order valence-corrected chi connectivity index (χ2v) is 7.51. The Kier molecular flexibility index (Phi) is 5.14. The number of aromatic nitrogens is 7. The van der Waals surface area contributed by atoms with Crippen LogP contribution in [0.2, 0.25) is 0 Å². The number of aryl methyl sites for hydroxylation is 1. The third kappa shape index (κ3) is 3.61. The number of rotatable bonds is 6. The Morgan fingerprint density at radius 2 is 1.78 bits per heavy atom. The zero-order valence-electron chi connectivity index (χ0n) is 17.5. The zero-order valence-corrected chi connectivity index (χ0v) is 17.5. The van der Waals surface area contributed by atoms with Crippen LogP contribution in [0.5, 0.6) is 0 Å². The van der Waals surface area contributed by atoms with Crippen molar-refractivity contribution in [1.82, 2.24) is 35.2 Å². The summed E-state index contributed by atoms with van der Waals surface area (Å²) in [5, 5.41) is 23.5. The molecule has 0 bridgehead atoms. The maximum Gasteiger partial charge on any atom is 0.180 e. The van der Waals surface area contributed by atoms with Gasteiger partial charge in [0.1, 0.15) is 23.1 Å². The molecule has 5 aromatic rings. The fourth-order valence-corrected chi connectivity index (χ4v) is 3.88. The Bertz CT molecular complexity index is 1410. The molecule has 32 heavy (non-hydrogen) atoms. The summed E-state index contributed by atoms with van der Waals surface area (Å²) in [4.78, 5) is 9.26. The molecule has 3 heterocycles. The summed E-state index contributed by atoms with van der Waals surface area (Å²) in [6, 6.07) is 22.2. The van der Waals surface area contributed by atoms with Gasteiger partial charge in [-0.3, -0.25) is 0 Å². The van der Waals surface area contributed by atoms with Gasteiger partial charge < -0.3 is 4.57 Å². The van der Waals surface area contributed by atoms with Crippen LogP contribution in [0.3, 0.4) is 0 Å². The second-order valence-electron chi connectivity index (χ2n) is 7.51. The summed E-state index contributed by atoms with van der Waals surface area (Å²) in [5.74, 6) is 1.62. The van der Waals surface area contributed by atoms with E-state index in [0.29, 0.717) is 18.1 Å². The first-order chi connectivity index (χ1) is 15.8. The lowest BCUT2D eigenvalue weighted by molar-refractivity contribution is 0.716. The van der Waals surface area contributed by atoms with Gasteiger partial charge in [0.2, 0.25) is 0 Å². The quantitative estimate of drug-likeness (QED) is 0.442. The molecule has 0 aliphatic heterocycles. The lowest BCUT2D eigenvalue weighted by Gasteiger charge is -2.11. The molecule has 156 valence electrons. The molecule has 0 fully saturated rings. The highest BCUT2D eigenvalue weighted by Gasteiger charge is 2.14. The van der Waals surface area contributed by atoms with Gasteiger partial charge in [-0.05, 0) is 45.7 Å². The Hall–Kier alpha value is -4.38. The fraction of sp³-hybridized carbons (Fsp3) is 0.167. The van der Waals surface area contributed by atoms with Gasteiger partial charge >= 0.3 is 0 Å². The van der Waals surface area contributed by atoms with E-state index in [2.05, 4.69) is 73.5 Å². The van der Waals surface area contributed by atoms with E-state index in [9.17, 15) is 5.26 Å². The van der Waals surface area contributed by atoms with Crippen LogP contribution in [-0.4, -0.2) is 35.2 Å². The first kappa shape index (κ1) is 19.6. The average molecular weight is 420 g/mol.